The summed E-state index contributed by atoms with van der Waals surface area (Å²) in [7, 11) is 0. The zero-order valence-electron chi connectivity index (χ0n) is 10.5. The number of urea groups is 1. The molecular weight excluding hydrogens is 312 g/mol. The van der Waals surface area contributed by atoms with E-state index in [1.54, 1.807) is 6.92 Å². The first-order valence-corrected chi connectivity index (χ1v) is 6.77. The van der Waals surface area contributed by atoms with Gasteiger partial charge in [-0.15, -0.1) is 0 Å². The van der Waals surface area contributed by atoms with Crippen molar-refractivity contribution in [2.45, 2.75) is 25.6 Å². The van der Waals surface area contributed by atoms with E-state index in [0.29, 0.717) is 5.75 Å². The van der Waals surface area contributed by atoms with Crippen LogP contribution in [0.3, 0.4) is 0 Å². The van der Waals surface area contributed by atoms with Gasteiger partial charge in [0.2, 0.25) is 0 Å². The molecule has 0 radical (unpaired) electrons. The molecule has 19 heavy (non-hydrogen) atoms. The topological polar surface area (TPSA) is 67.4 Å². The summed E-state index contributed by atoms with van der Waals surface area (Å²) >= 11 is 3.40. The predicted octanol–water partition coefficient (Wildman–Crippen LogP) is 2.12. The highest BCUT2D eigenvalue weighted by atomic mass is 79.9. The van der Waals surface area contributed by atoms with E-state index in [4.69, 9.17) is 4.74 Å². The largest absolute Gasteiger partial charge is 0.467 e. The molecule has 1 fully saturated rings. The number of ketones is 1. The fourth-order valence-electron chi connectivity index (χ4n) is 2.93. The first-order chi connectivity index (χ1) is 8.90. The van der Waals surface area contributed by atoms with Crippen LogP contribution in [0.2, 0.25) is 0 Å². The van der Waals surface area contributed by atoms with Gasteiger partial charge in [0.1, 0.15) is 17.5 Å². The molecule has 2 aliphatic heterocycles. The number of benzene rings is 1. The van der Waals surface area contributed by atoms with Gasteiger partial charge in [-0.3, -0.25) is 10.1 Å². The Hall–Kier alpha value is -1.56. The number of fused-ring (bicyclic) bond motifs is 4. The number of nitrogens with one attached hydrogen (secondary N) is 2. The maximum atomic E-state index is 11.9. The van der Waals surface area contributed by atoms with E-state index in [2.05, 4.69) is 26.6 Å². The van der Waals surface area contributed by atoms with Gasteiger partial charge in [-0.2, -0.15) is 0 Å². The zero-order valence-corrected chi connectivity index (χ0v) is 12.1. The Morgan fingerprint density at radius 3 is 2.89 bits per heavy atom. The molecule has 1 aromatic rings. The fourth-order valence-corrected chi connectivity index (χ4v) is 3.31. The minimum absolute atomic E-state index is 0.0226. The van der Waals surface area contributed by atoms with Crippen LogP contribution in [0, 0.1) is 5.92 Å². The maximum absolute atomic E-state index is 11.9. The number of ether oxygens (including phenoxy) is 1. The van der Waals surface area contributed by atoms with Crippen molar-refractivity contribution >= 4 is 27.7 Å². The van der Waals surface area contributed by atoms with Gasteiger partial charge in [0.15, 0.2) is 5.72 Å². The predicted molar refractivity (Wildman–Crippen MR) is 71.8 cm³/mol. The van der Waals surface area contributed by atoms with E-state index in [1.165, 1.54) is 6.92 Å². The van der Waals surface area contributed by atoms with Crippen LogP contribution in [0.25, 0.3) is 0 Å². The number of amides is 2. The second kappa shape index (κ2) is 3.96. The lowest BCUT2D eigenvalue weighted by Crippen LogP contribution is -2.69. The number of hydrogen-bond acceptors (Lipinski definition) is 3. The van der Waals surface area contributed by atoms with Gasteiger partial charge in [0.05, 0.1) is 6.04 Å². The number of halogens is 1. The Labute approximate surface area is 118 Å². The molecular formula is C13H13BrN2O3. The van der Waals surface area contributed by atoms with Crippen molar-refractivity contribution in [1.82, 2.24) is 10.6 Å². The molecule has 0 spiro atoms. The summed E-state index contributed by atoms with van der Waals surface area (Å²) in [6.45, 7) is 3.25. The summed E-state index contributed by atoms with van der Waals surface area (Å²) in [6, 6.07) is 4.89. The molecule has 2 aliphatic rings. The number of rotatable bonds is 1. The second-order valence-corrected chi connectivity index (χ2v) is 5.97. The van der Waals surface area contributed by atoms with Crippen LogP contribution in [0.5, 0.6) is 5.75 Å². The summed E-state index contributed by atoms with van der Waals surface area (Å²) in [4.78, 5) is 23.7. The lowest BCUT2D eigenvalue weighted by molar-refractivity contribution is -0.134. The first-order valence-electron chi connectivity index (χ1n) is 5.98. The van der Waals surface area contributed by atoms with Gasteiger partial charge in [0, 0.05) is 10.0 Å². The van der Waals surface area contributed by atoms with Crippen molar-refractivity contribution in [3.05, 3.63) is 28.2 Å². The van der Waals surface area contributed by atoms with Gasteiger partial charge in [0.25, 0.3) is 0 Å². The van der Waals surface area contributed by atoms with Crippen molar-refractivity contribution in [2.75, 3.05) is 0 Å². The molecule has 2 amide bonds. The van der Waals surface area contributed by atoms with Crippen LogP contribution < -0.4 is 15.4 Å². The number of hydrogen-bond donors (Lipinski definition) is 2. The molecule has 1 aromatic carbocycles. The van der Waals surface area contributed by atoms with Crippen molar-refractivity contribution in [3.63, 3.8) is 0 Å². The maximum Gasteiger partial charge on any atom is 0.318 e. The molecule has 0 saturated carbocycles. The van der Waals surface area contributed by atoms with Crippen LogP contribution in [0.4, 0.5) is 4.79 Å². The van der Waals surface area contributed by atoms with Gasteiger partial charge in [-0.05, 0) is 32.0 Å². The summed E-state index contributed by atoms with van der Waals surface area (Å²) < 4.78 is 6.76. The average molecular weight is 325 g/mol. The Kier molecular flexibility index (Phi) is 2.60. The van der Waals surface area contributed by atoms with Crippen molar-refractivity contribution in [3.8, 4) is 5.75 Å². The Balaban J connectivity index is 2.18. The Morgan fingerprint density at radius 1 is 1.47 bits per heavy atom. The van der Waals surface area contributed by atoms with Gasteiger partial charge in [-0.25, -0.2) is 4.79 Å². The molecule has 3 rings (SSSR count). The van der Waals surface area contributed by atoms with Crippen LogP contribution in [-0.4, -0.2) is 17.5 Å². The molecule has 1 saturated heterocycles. The lowest BCUT2D eigenvalue weighted by atomic mass is 9.78. The number of Topliss-reactive ketones (excluding diaryl/α,β-unsaturated/α-hetero) is 1. The highest BCUT2D eigenvalue weighted by Gasteiger charge is 2.54. The van der Waals surface area contributed by atoms with Crippen LogP contribution >= 0.6 is 15.9 Å². The Morgan fingerprint density at radius 2 is 2.21 bits per heavy atom. The SMILES string of the molecule is CC(=O)[C@@H]1[C@@H]2NC(=O)N[C@@]1(C)Oc1ccc(Br)cc12. The second-order valence-electron chi connectivity index (χ2n) is 5.06. The van der Waals surface area contributed by atoms with Crippen LogP contribution in [-0.2, 0) is 4.79 Å². The normalized spacial score (nSPS) is 31.6. The molecule has 6 heteroatoms. The highest BCUT2D eigenvalue weighted by Crippen LogP contribution is 2.45. The fraction of sp³-hybridized carbons (Fsp3) is 0.385. The summed E-state index contributed by atoms with van der Waals surface area (Å²) in [6.07, 6.45) is 0. The van der Waals surface area contributed by atoms with Crippen LogP contribution in [0.1, 0.15) is 25.5 Å². The highest BCUT2D eigenvalue weighted by molar-refractivity contribution is 9.10. The monoisotopic (exact) mass is 324 g/mol. The van der Waals surface area contributed by atoms with Gasteiger partial charge < -0.3 is 10.1 Å². The van der Waals surface area contributed by atoms with E-state index in [9.17, 15) is 9.59 Å². The van der Waals surface area contributed by atoms with Crippen molar-refractivity contribution in [1.29, 1.82) is 0 Å². The summed E-state index contributed by atoms with van der Waals surface area (Å²) in [5.41, 5.74) is -0.179. The van der Waals surface area contributed by atoms with E-state index >= 15 is 0 Å². The Bertz CT molecular complexity index is 589. The smallest absolute Gasteiger partial charge is 0.318 e. The molecule has 0 aliphatic carbocycles. The molecule has 2 N–H and O–H groups in total. The first kappa shape index (κ1) is 12.5. The summed E-state index contributed by atoms with van der Waals surface area (Å²) in [5.74, 6) is 0.207. The quantitative estimate of drug-likeness (QED) is 0.831. The van der Waals surface area contributed by atoms with E-state index in [1.807, 2.05) is 18.2 Å². The third-order valence-corrected chi connectivity index (χ3v) is 4.14. The zero-order chi connectivity index (χ0) is 13.8. The number of carbonyl (C=O) groups excluding carboxylic acids is 2. The van der Waals surface area contributed by atoms with Crippen molar-refractivity contribution in [2.24, 2.45) is 5.92 Å². The average Bonchev–Trinajstić information content (AvgIpc) is 2.28. The molecule has 2 heterocycles. The van der Waals surface area contributed by atoms with Crippen molar-refractivity contribution < 1.29 is 14.3 Å². The van der Waals surface area contributed by atoms with E-state index in [-0.39, 0.29) is 17.9 Å². The molecule has 5 nitrogen and oxygen atoms in total. The van der Waals surface area contributed by atoms with Gasteiger partial charge >= 0.3 is 6.03 Å². The molecule has 100 valence electrons. The minimum Gasteiger partial charge on any atom is -0.467 e. The summed E-state index contributed by atoms with van der Waals surface area (Å²) in [5, 5.41) is 5.52. The minimum atomic E-state index is -1.00. The third kappa shape index (κ3) is 1.82. The van der Waals surface area contributed by atoms with E-state index < -0.39 is 11.6 Å². The van der Waals surface area contributed by atoms with E-state index in [0.717, 1.165) is 10.0 Å². The molecule has 2 bridgehead atoms. The lowest BCUT2D eigenvalue weighted by Gasteiger charge is -2.49. The number of carbonyl (C=O) groups is 2. The molecule has 3 atom stereocenters. The molecule has 0 aromatic heterocycles. The standard InChI is InChI=1S/C13H13BrN2O3/c1-6(17)10-11-8-5-7(14)3-4-9(8)19-13(10,2)16-12(18)15-11/h3-5,10-11H,1-2H3,(H2,15,16,18)/t10-,11-,13+/m1/s1. The van der Waals surface area contributed by atoms with Crippen LogP contribution in [0.15, 0.2) is 22.7 Å². The van der Waals surface area contributed by atoms with Gasteiger partial charge in [-0.1, -0.05) is 15.9 Å². The molecule has 0 unspecified atom stereocenters. The third-order valence-electron chi connectivity index (χ3n) is 3.64.